The summed E-state index contributed by atoms with van der Waals surface area (Å²) in [5.74, 6) is 0.362. The number of aromatic nitrogens is 1. The van der Waals surface area contributed by atoms with E-state index in [4.69, 9.17) is 4.74 Å². The second-order valence-corrected chi connectivity index (χ2v) is 5.48. The predicted molar refractivity (Wildman–Crippen MR) is 86.4 cm³/mol. The zero-order valence-electron chi connectivity index (χ0n) is 13.0. The highest BCUT2D eigenvalue weighted by Crippen LogP contribution is 2.32. The van der Waals surface area contributed by atoms with Gasteiger partial charge < -0.3 is 9.64 Å². The summed E-state index contributed by atoms with van der Waals surface area (Å²) < 4.78 is 5.51. The molecule has 1 amide bonds. The molecule has 2 aromatic rings. The quantitative estimate of drug-likeness (QED) is 0.871. The summed E-state index contributed by atoms with van der Waals surface area (Å²) in [6, 6.07) is 11.8. The van der Waals surface area contributed by atoms with Crippen molar-refractivity contribution in [2.24, 2.45) is 0 Å². The fourth-order valence-corrected chi connectivity index (χ4v) is 2.93. The van der Waals surface area contributed by atoms with Gasteiger partial charge in [0.1, 0.15) is 5.56 Å². The smallest absolute Gasteiger partial charge is 0.264 e. The van der Waals surface area contributed by atoms with Crippen LogP contribution >= 0.6 is 0 Å². The number of anilines is 1. The van der Waals surface area contributed by atoms with E-state index in [9.17, 15) is 4.79 Å². The van der Waals surface area contributed by atoms with Gasteiger partial charge in [-0.25, -0.2) is 4.98 Å². The van der Waals surface area contributed by atoms with Crippen LogP contribution in [0, 0.1) is 0 Å². The Kier molecular flexibility index (Phi) is 4.09. The van der Waals surface area contributed by atoms with Crippen molar-refractivity contribution in [2.45, 2.75) is 32.7 Å². The molecule has 4 heteroatoms. The van der Waals surface area contributed by atoms with Crippen molar-refractivity contribution in [3.8, 4) is 5.88 Å². The Morgan fingerprint density at radius 2 is 2.14 bits per heavy atom. The topological polar surface area (TPSA) is 42.4 Å². The molecule has 0 saturated heterocycles. The summed E-state index contributed by atoms with van der Waals surface area (Å²) in [7, 11) is 0. The number of hydrogen-bond acceptors (Lipinski definition) is 3. The predicted octanol–water partition coefficient (Wildman–Crippen LogP) is 3.46. The summed E-state index contributed by atoms with van der Waals surface area (Å²) in [4.78, 5) is 19.1. The van der Waals surface area contributed by atoms with E-state index in [1.807, 2.05) is 30.0 Å². The lowest BCUT2D eigenvalue weighted by atomic mass is 9.96. The molecule has 114 valence electrons. The minimum absolute atomic E-state index is 0.0452. The number of carbonyl (C=O) groups excluding carboxylic acids is 1. The van der Waals surface area contributed by atoms with Crippen LogP contribution < -0.4 is 9.64 Å². The molecule has 0 spiro atoms. The normalized spacial score (nSPS) is 17.0. The Balaban J connectivity index is 2.02. The van der Waals surface area contributed by atoms with Gasteiger partial charge in [0.2, 0.25) is 5.88 Å². The highest BCUT2D eigenvalue weighted by molar-refractivity contribution is 6.08. The third-order valence-electron chi connectivity index (χ3n) is 4.02. The molecule has 1 aromatic carbocycles. The van der Waals surface area contributed by atoms with Gasteiger partial charge in [-0.3, -0.25) is 4.79 Å². The zero-order chi connectivity index (χ0) is 15.5. The molecule has 4 nitrogen and oxygen atoms in total. The Hall–Kier alpha value is -2.36. The number of para-hydroxylation sites is 1. The fraction of sp³-hybridized carbons (Fsp3) is 0.333. The number of carbonyl (C=O) groups is 1. The van der Waals surface area contributed by atoms with Gasteiger partial charge in [-0.05, 0) is 50.5 Å². The van der Waals surface area contributed by atoms with Gasteiger partial charge in [-0.2, -0.15) is 0 Å². The number of pyridine rings is 1. The van der Waals surface area contributed by atoms with E-state index in [1.54, 1.807) is 18.3 Å². The van der Waals surface area contributed by atoms with Crippen molar-refractivity contribution >= 4 is 11.6 Å². The van der Waals surface area contributed by atoms with Gasteiger partial charge in [-0.1, -0.05) is 18.2 Å². The number of benzene rings is 1. The number of ether oxygens (including phenoxy) is 1. The van der Waals surface area contributed by atoms with Gasteiger partial charge in [0.05, 0.1) is 6.61 Å². The van der Waals surface area contributed by atoms with Crippen LogP contribution in [0.2, 0.25) is 0 Å². The van der Waals surface area contributed by atoms with Gasteiger partial charge in [0.25, 0.3) is 5.91 Å². The molecule has 1 aromatic heterocycles. The minimum atomic E-state index is -0.0452. The SMILES string of the molecule is CCOc1ncccc1C(=O)N1c2ccccc2CCC1C. The number of amides is 1. The van der Waals surface area contributed by atoms with Crippen LogP contribution in [0.4, 0.5) is 5.69 Å². The molecule has 0 saturated carbocycles. The van der Waals surface area contributed by atoms with Crippen LogP contribution in [0.1, 0.15) is 36.2 Å². The first-order valence-electron chi connectivity index (χ1n) is 7.71. The molecule has 1 unspecified atom stereocenters. The van der Waals surface area contributed by atoms with Gasteiger partial charge in [0, 0.05) is 17.9 Å². The largest absolute Gasteiger partial charge is 0.477 e. The third-order valence-corrected chi connectivity index (χ3v) is 4.02. The van der Waals surface area contributed by atoms with Crippen molar-refractivity contribution in [1.29, 1.82) is 0 Å². The Bertz CT molecular complexity index is 684. The number of nitrogens with zero attached hydrogens (tertiary/aromatic N) is 2. The third kappa shape index (κ3) is 2.56. The van der Waals surface area contributed by atoms with Crippen molar-refractivity contribution < 1.29 is 9.53 Å². The lowest BCUT2D eigenvalue weighted by Crippen LogP contribution is -2.42. The average Bonchev–Trinajstić information content (AvgIpc) is 2.55. The zero-order valence-corrected chi connectivity index (χ0v) is 13.0. The maximum Gasteiger partial charge on any atom is 0.264 e. The van der Waals surface area contributed by atoms with E-state index in [0.29, 0.717) is 18.1 Å². The van der Waals surface area contributed by atoms with Crippen molar-refractivity contribution in [3.63, 3.8) is 0 Å². The van der Waals surface area contributed by atoms with E-state index in [2.05, 4.69) is 18.0 Å². The maximum absolute atomic E-state index is 13.1. The average molecular weight is 296 g/mol. The van der Waals surface area contributed by atoms with Crippen molar-refractivity contribution in [3.05, 3.63) is 53.7 Å². The standard InChI is InChI=1S/C18H20N2O2/c1-3-22-17-15(8-6-12-19-17)18(21)20-13(2)10-11-14-7-4-5-9-16(14)20/h4-9,12-13H,3,10-11H2,1-2H3. The van der Waals surface area contributed by atoms with Crippen LogP contribution in [0.5, 0.6) is 5.88 Å². The first kappa shape index (κ1) is 14.6. The molecular weight excluding hydrogens is 276 g/mol. The molecule has 1 atom stereocenters. The van der Waals surface area contributed by atoms with Gasteiger partial charge >= 0.3 is 0 Å². The van der Waals surface area contributed by atoms with Gasteiger partial charge in [-0.15, -0.1) is 0 Å². The first-order chi connectivity index (χ1) is 10.7. The molecule has 0 radical (unpaired) electrons. The maximum atomic E-state index is 13.1. The van der Waals surface area contributed by atoms with E-state index < -0.39 is 0 Å². The summed E-state index contributed by atoms with van der Waals surface area (Å²) >= 11 is 0. The van der Waals surface area contributed by atoms with Crippen molar-refractivity contribution in [1.82, 2.24) is 4.98 Å². The summed E-state index contributed by atoms with van der Waals surface area (Å²) in [6.07, 6.45) is 3.62. The van der Waals surface area contributed by atoms with Crippen LogP contribution in [0.25, 0.3) is 0 Å². The fourth-order valence-electron chi connectivity index (χ4n) is 2.93. The molecule has 1 aliphatic rings. The summed E-state index contributed by atoms with van der Waals surface area (Å²) in [6.45, 7) is 4.47. The van der Waals surface area contributed by atoms with Crippen LogP contribution in [-0.4, -0.2) is 23.5 Å². The molecule has 1 aliphatic heterocycles. The highest BCUT2D eigenvalue weighted by atomic mass is 16.5. The van der Waals surface area contributed by atoms with E-state index in [-0.39, 0.29) is 11.9 Å². The van der Waals surface area contributed by atoms with E-state index in [0.717, 1.165) is 18.5 Å². The van der Waals surface area contributed by atoms with E-state index in [1.165, 1.54) is 5.56 Å². The molecule has 2 heterocycles. The lowest BCUT2D eigenvalue weighted by molar-refractivity contribution is 0.0970. The highest BCUT2D eigenvalue weighted by Gasteiger charge is 2.30. The number of aryl methyl sites for hydroxylation is 1. The molecule has 22 heavy (non-hydrogen) atoms. The minimum Gasteiger partial charge on any atom is -0.477 e. The second kappa shape index (κ2) is 6.18. The Morgan fingerprint density at radius 1 is 1.32 bits per heavy atom. The Morgan fingerprint density at radius 3 is 2.95 bits per heavy atom. The summed E-state index contributed by atoms with van der Waals surface area (Å²) in [5, 5.41) is 0. The van der Waals surface area contributed by atoms with Crippen LogP contribution in [-0.2, 0) is 6.42 Å². The molecule has 0 bridgehead atoms. The van der Waals surface area contributed by atoms with Gasteiger partial charge in [0.15, 0.2) is 0 Å². The molecule has 0 aliphatic carbocycles. The number of fused-ring (bicyclic) bond motifs is 1. The van der Waals surface area contributed by atoms with Crippen molar-refractivity contribution in [2.75, 3.05) is 11.5 Å². The molecule has 3 rings (SSSR count). The lowest BCUT2D eigenvalue weighted by Gasteiger charge is -2.35. The number of rotatable bonds is 3. The number of hydrogen-bond donors (Lipinski definition) is 0. The van der Waals surface area contributed by atoms with Crippen LogP contribution in [0.3, 0.4) is 0 Å². The first-order valence-corrected chi connectivity index (χ1v) is 7.71. The second-order valence-electron chi connectivity index (χ2n) is 5.48. The molecular formula is C18H20N2O2. The Labute approximate surface area is 130 Å². The monoisotopic (exact) mass is 296 g/mol. The van der Waals surface area contributed by atoms with Crippen LogP contribution in [0.15, 0.2) is 42.6 Å². The molecule has 0 N–H and O–H groups in total. The van der Waals surface area contributed by atoms with E-state index >= 15 is 0 Å². The summed E-state index contributed by atoms with van der Waals surface area (Å²) in [5.41, 5.74) is 2.74. The molecule has 0 fully saturated rings.